The van der Waals surface area contributed by atoms with Crippen molar-refractivity contribution in [3.63, 3.8) is 0 Å². The van der Waals surface area contributed by atoms with Gasteiger partial charge in [-0.15, -0.1) is 0 Å². The Hall–Kier alpha value is -2.82. The van der Waals surface area contributed by atoms with E-state index in [2.05, 4.69) is 4.72 Å². The molecule has 0 aliphatic heterocycles. The van der Waals surface area contributed by atoms with E-state index in [4.69, 9.17) is 16.9 Å². The molecule has 27 heavy (non-hydrogen) atoms. The highest BCUT2D eigenvalue weighted by Crippen LogP contribution is 2.28. The van der Waals surface area contributed by atoms with E-state index in [-0.39, 0.29) is 21.4 Å². The fourth-order valence-electron chi connectivity index (χ4n) is 2.37. The first-order valence-electron chi connectivity index (χ1n) is 7.86. The van der Waals surface area contributed by atoms with Crippen molar-refractivity contribution in [3.8, 4) is 6.07 Å². The molecule has 2 aromatic carbocycles. The standard InChI is InChI=1S/C19H18ClN3O3S/c1-13(24)17(12-23(2)3)15-7-8-18(20)19(10-15)27(25,26)22-16-6-4-5-14(9-16)11-21/h4-10,12,22H,1-3H3. The Morgan fingerprint density at radius 1 is 1.22 bits per heavy atom. The lowest BCUT2D eigenvalue weighted by Crippen LogP contribution is -2.14. The van der Waals surface area contributed by atoms with Crippen LogP contribution in [0, 0.1) is 11.3 Å². The average molecular weight is 404 g/mol. The number of rotatable bonds is 6. The molecule has 0 spiro atoms. The molecule has 0 amide bonds. The second-order valence-corrected chi connectivity index (χ2v) is 8.06. The molecule has 0 bridgehead atoms. The van der Waals surface area contributed by atoms with Gasteiger partial charge in [0.1, 0.15) is 4.90 Å². The van der Waals surface area contributed by atoms with Gasteiger partial charge in [-0.1, -0.05) is 23.7 Å². The zero-order valence-electron chi connectivity index (χ0n) is 15.0. The van der Waals surface area contributed by atoms with Crippen molar-refractivity contribution < 1.29 is 13.2 Å². The van der Waals surface area contributed by atoms with Crippen molar-refractivity contribution >= 4 is 38.7 Å². The number of carbonyl (C=O) groups is 1. The third kappa shape index (κ3) is 5.09. The zero-order chi connectivity index (χ0) is 20.2. The van der Waals surface area contributed by atoms with E-state index in [1.807, 2.05) is 6.07 Å². The van der Waals surface area contributed by atoms with Gasteiger partial charge in [0.15, 0.2) is 5.78 Å². The number of nitrogens with one attached hydrogen (secondary N) is 1. The Bertz CT molecular complexity index is 1050. The van der Waals surface area contributed by atoms with Crippen LogP contribution in [-0.2, 0) is 14.8 Å². The topological polar surface area (TPSA) is 90.3 Å². The molecular formula is C19H18ClN3O3S. The molecule has 0 aliphatic carbocycles. The molecule has 0 aliphatic rings. The van der Waals surface area contributed by atoms with Gasteiger partial charge in [0.2, 0.25) is 0 Å². The number of hydrogen-bond acceptors (Lipinski definition) is 5. The number of halogens is 1. The number of allylic oxidation sites excluding steroid dienone is 1. The summed E-state index contributed by atoms with van der Waals surface area (Å²) in [5, 5.41) is 8.98. The SMILES string of the molecule is CC(=O)C(=CN(C)C)c1ccc(Cl)c(S(=O)(=O)Nc2cccc(C#N)c2)c1. The molecule has 0 saturated carbocycles. The van der Waals surface area contributed by atoms with Crippen molar-refractivity contribution in [1.82, 2.24) is 4.90 Å². The highest BCUT2D eigenvalue weighted by molar-refractivity contribution is 7.92. The van der Waals surface area contributed by atoms with E-state index >= 15 is 0 Å². The number of benzene rings is 2. The maximum absolute atomic E-state index is 12.8. The van der Waals surface area contributed by atoms with E-state index in [0.717, 1.165) is 0 Å². The number of carbonyl (C=O) groups excluding carboxylic acids is 1. The third-order valence-corrected chi connectivity index (χ3v) is 5.41. The summed E-state index contributed by atoms with van der Waals surface area (Å²) in [5.41, 5.74) is 1.36. The quantitative estimate of drug-likeness (QED) is 0.745. The van der Waals surface area contributed by atoms with Gasteiger partial charge in [0.25, 0.3) is 10.0 Å². The average Bonchev–Trinajstić information content (AvgIpc) is 2.59. The van der Waals surface area contributed by atoms with Gasteiger partial charge in [0.05, 0.1) is 22.3 Å². The maximum Gasteiger partial charge on any atom is 0.263 e. The van der Waals surface area contributed by atoms with Crippen molar-refractivity contribution in [2.75, 3.05) is 18.8 Å². The highest BCUT2D eigenvalue weighted by atomic mass is 35.5. The summed E-state index contributed by atoms with van der Waals surface area (Å²) in [6, 6.07) is 12.4. The molecule has 140 valence electrons. The molecule has 0 saturated heterocycles. The molecule has 1 N–H and O–H groups in total. The molecule has 2 rings (SSSR count). The van der Waals surface area contributed by atoms with Gasteiger partial charge in [0, 0.05) is 25.9 Å². The van der Waals surface area contributed by atoms with Crippen molar-refractivity contribution in [1.29, 1.82) is 5.26 Å². The Morgan fingerprint density at radius 2 is 1.93 bits per heavy atom. The number of sulfonamides is 1. The highest BCUT2D eigenvalue weighted by Gasteiger charge is 2.21. The van der Waals surface area contributed by atoms with E-state index in [1.165, 1.54) is 31.2 Å². The second-order valence-electron chi connectivity index (χ2n) is 6.01. The van der Waals surface area contributed by atoms with Crippen LogP contribution in [0.25, 0.3) is 5.57 Å². The van der Waals surface area contributed by atoms with Crippen LogP contribution in [-0.4, -0.2) is 33.2 Å². The van der Waals surface area contributed by atoms with Crippen LogP contribution in [0.3, 0.4) is 0 Å². The first-order valence-corrected chi connectivity index (χ1v) is 9.72. The number of hydrogen-bond donors (Lipinski definition) is 1. The van der Waals surface area contributed by atoms with Crippen LogP contribution in [0.15, 0.2) is 53.6 Å². The Kier molecular flexibility index (Phi) is 6.26. The lowest BCUT2D eigenvalue weighted by Gasteiger charge is -2.13. The van der Waals surface area contributed by atoms with Crippen molar-refractivity contribution in [2.24, 2.45) is 0 Å². The molecule has 8 heteroatoms. The van der Waals surface area contributed by atoms with Gasteiger partial charge >= 0.3 is 0 Å². The Morgan fingerprint density at radius 3 is 2.52 bits per heavy atom. The van der Waals surface area contributed by atoms with Crippen LogP contribution in [0.4, 0.5) is 5.69 Å². The lowest BCUT2D eigenvalue weighted by atomic mass is 10.0. The summed E-state index contributed by atoms with van der Waals surface area (Å²) >= 11 is 6.11. The number of anilines is 1. The number of Topliss-reactive ketones (excluding diaryl/α,β-unsaturated/α-hetero) is 1. The minimum absolute atomic E-state index is 0.0236. The molecule has 0 unspecified atom stereocenters. The molecule has 2 aromatic rings. The summed E-state index contributed by atoms with van der Waals surface area (Å²) in [5.74, 6) is -0.205. The number of ketones is 1. The third-order valence-electron chi connectivity index (χ3n) is 3.54. The Labute approximate surface area is 163 Å². The van der Waals surface area contributed by atoms with Gasteiger partial charge in [-0.05, 0) is 42.8 Å². The number of nitrogens with zero attached hydrogens (tertiary/aromatic N) is 2. The zero-order valence-corrected chi connectivity index (χ0v) is 16.6. The molecule has 0 heterocycles. The van der Waals surface area contributed by atoms with Crippen LogP contribution < -0.4 is 4.72 Å². The smallest absolute Gasteiger partial charge is 0.263 e. The minimum atomic E-state index is -4.02. The molecule has 0 atom stereocenters. The molecule has 0 radical (unpaired) electrons. The lowest BCUT2D eigenvalue weighted by molar-refractivity contribution is -0.111. The predicted molar refractivity (Wildman–Crippen MR) is 106 cm³/mol. The molecule has 6 nitrogen and oxygen atoms in total. The molecule has 0 fully saturated rings. The van der Waals surface area contributed by atoms with Crippen LogP contribution in [0.1, 0.15) is 18.1 Å². The largest absolute Gasteiger partial charge is 0.383 e. The van der Waals surface area contributed by atoms with Gasteiger partial charge < -0.3 is 4.90 Å². The first kappa shape index (κ1) is 20.5. The van der Waals surface area contributed by atoms with Crippen LogP contribution in [0.5, 0.6) is 0 Å². The maximum atomic E-state index is 12.8. The summed E-state index contributed by atoms with van der Waals surface area (Å²) in [6.45, 7) is 1.41. The summed E-state index contributed by atoms with van der Waals surface area (Å²) in [4.78, 5) is 13.5. The van der Waals surface area contributed by atoms with E-state index in [1.54, 1.807) is 43.4 Å². The Balaban J connectivity index is 2.51. The summed E-state index contributed by atoms with van der Waals surface area (Å²) in [6.07, 6.45) is 1.62. The van der Waals surface area contributed by atoms with E-state index in [9.17, 15) is 13.2 Å². The monoisotopic (exact) mass is 403 g/mol. The van der Waals surface area contributed by atoms with Gasteiger partial charge in [-0.2, -0.15) is 5.26 Å². The molecular weight excluding hydrogens is 386 g/mol. The first-order chi connectivity index (χ1) is 12.6. The molecule has 0 aromatic heterocycles. The van der Waals surface area contributed by atoms with Crippen molar-refractivity contribution in [3.05, 3.63) is 64.8 Å². The van der Waals surface area contributed by atoms with Gasteiger partial charge in [-0.25, -0.2) is 8.42 Å². The minimum Gasteiger partial charge on any atom is -0.383 e. The van der Waals surface area contributed by atoms with Gasteiger partial charge in [-0.3, -0.25) is 9.52 Å². The van der Waals surface area contributed by atoms with Crippen molar-refractivity contribution in [2.45, 2.75) is 11.8 Å². The van der Waals surface area contributed by atoms with E-state index < -0.39 is 10.0 Å². The predicted octanol–water partition coefficient (Wildman–Crippen LogP) is 3.50. The van der Waals surface area contributed by atoms with E-state index in [0.29, 0.717) is 16.7 Å². The summed E-state index contributed by atoms with van der Waals surface area (Å²) < 4.78 is 28.0. The van der Waals surface area contributed by atoms with Crippen LogP contribution >= 0.6 is 11.6 Å². The second kappa shape index (κ2) is 8.25. The normalized spacial score (nSPS) is 11.6. The fourth-order valence-corrected chi connectivity index (χ4v) is 3.94. The van der Waals surface area contributed by atoms with Crippen LogP contribution in [0.2, 0.25) is 5.02 Å². The summed E-state index contributed by atoms with van der Waals surface area (Å²) in [7, 11) is -0.494. The number of nitriles is 1. The fraction of sp³-hybridized carbons (Fsp3) is 0.158.